The van der Waals surface area contributed by atoms with Gasteiger partial charge < -0.3 is 5.73 Å². The van der Waals surface area contributed by atoms with Crippen molar-refractivity contribution in [2.24, 2.45) is 10.7 Å². The fraction of sp³-hybridized carbons (Fsp3) is 0.875. The molecule has 0 aliphatic carbocycles. The van der Waals surface area contributed by atoms with Crippen LogP contribution < -0.4 is 5.73 Å². The molecular formula is C8H16N2O. The summed E-state index contributed by atoms with van der Waals surface area (Å²) in [5, 5.41) is 0. The fourth-order valence-corrected chi connectivity index (χ4v) is 1.28. The minimum absolute atomic E-state index is 0.288. The minimum Gasteiger partial charge on any atom is -0.325 e. The van der Waals surface area contributed by atoms with Gasteiger partial charge in [0.2, 0.25) is 6.08 Å². The standard InChI is InChI=1S/C8H16N2O/c1-7(2,9)5-8(3,4)10-6-11/h5,9H2,1-4H3. The van der Waals surface area contributed by atoms with Gasteiger partial charge in [0.25, 0.3) is 0 Å². The smallest absolute Gasteiger partial charge is 0.235 e. The molecule has 0 saturated heterocycles. The molecule has 0 aromatic carbocycles. The number of rotatable bonds is 3. The highest BCUT2D eigenvalue weighted by atomic mass is 16.1. The van der Waals surface area contributed by atoms with E-state index in [1.165, 1.54) is 0 Å². The Morgan fingerprint density at radius 1 is 1.36 bits per heavy atom. The van der Waals surface area contributed by atoms with Crippen LogP contribution in [0.3, 0.4) is 0 Å². The van der Waals surface area contributed by atoms with E-state index in [0.717, 1.165) is 0 Å². The molecule has 0 aromatic rings. The van der Waals surface area contributed by atoms with Crippen molar-refractivity contribution in [3.63, 3.8) is 0 Å². The number of nitrogens with zero attached hydrogens (tertiary/aromatic N) is 1. The molecule has 0 spiro atoms. The van der Waals surface area contributed by atoms with Crippen LogP contribution in [0, 0.1) is 0 Å². The Bertz CT molecular complexity index is 173. The second-order valence-electron chi connectivity index (χ2n) is 4.18. The van der Waals surface area contributed by atoms with E-state index in [9.17, 15) is 4.79 Å². The van der Waals surface area contributed by atoms with Crippen LogP contribution in [0.15, 0.2) is 4.99 Å². The normalized spacial score (nSPS) is 12.5. The molecule has 0 heterocycles. The maximum atomic E-state index is 9.97. The second kappa shape index (κ2) is 3.16. The molecule has 64 valence electrons. The topological polar surface area (TPSA) is 55.4 Å². The van der Waals surface area contributed by atoms with E-state index in [0.29, 0.717) is 6.42 Å². The monoisotopic (exact) mass is 156 g/mol. The Morgan fingerprint density at radius 3 is 2.09 bits per heavy atom. The fourth-order valence-electron chi connectivity index (χ4n) is 1.28. The summed E-state index contributed by atoms with van der Waals surface area (Å²) in [5.74, 6) is 0. The second-order valence-corrected chi connectivity index (χ2v) is 4.18. The van der Waals surface area contributed by atoms with E-state index in [2.05, 4.69) is 4.99 Å². The first kappa shape index (κ1) is 10.3. The summed E-state index contributed by atoms with van der Waals surface area (Å²) in [6.07, 6.45) is 2.23. The van der Waals surface area contributed by atoms with Crippen LogP contribution >= 0.6 is 0 Å². The van der Waals surface area contributed by atoms with Gasteiger partial charge >= 0.3 is 0 Å². The Morgan fingerprint density at radius 2 is 1.82 bits per heavy atom. The lowest BCUT2D eigenvalue weighted by Crippen LogP contribution is -2.39. The van der Waals surface area contributed by atoms with Crippen molar-refractivity contribution in [1.82, 2.24) is 0 Å². The molecule has 0 rings (SSSR count). The number of hydrogen-bond acceptors (Lipinski definition) is 3. The largest absolute Gasteiger partial charge is 0.325 e. The Hall–Kier alpha value is -0.660. The first-order valence-electron chi connectivity index (χ1n) is 3.65. The van der Waals surface area contributed by atoms with Gasteiger partial charge in [0.1, 0.15) is 0 Å². The van der Waals surface area contributed by atoms with Crippen molar-refractivity contribution in [2.45, 2.75) is 45.2 Å². The highest BCUT2D eigenvalue weighted by Gasteiger charge is 2.24. The third-order valence-electron chi connectivity index (χ3n) is 1.24. The average Bonchev–Trinajstić information content (AvgIpc) is 1.55. The zero-order valence-electron chi connectivity index (χ0n) is 7.64. The molecular weight excluding hydrogens is 140 g/mol. The molecule has 11 heavy (non-hydrogen) atoms. The highest BCUT2D eigenvalue weighted by molar-refractivity contribution is 5.34. The lowest BCUT2D eigenvalue weighted by molar-refractivity contribution is 0.353. The molecule has 0 atom stereocenters. The zero-order chi connectivity index (χ0) is 9.12. The lowest BCUT2D eigenvalue weighted by Gasteiger charge is -2.27. The maximum absolute atomic E-state index is 9.97. The first-order valence-corrected chi connectivity index (χ1v) is 3.65. The first-order chi connectivity index (χ1) is 4.77. The van der Waals surface area contributed by atoms with E-state index in [-0.39, 0.29) is 11.1 Å². The summed E-state index contributed by atoms with van der Waals surface area (Å²) >= 11 is 0. The molecule has 0 aliphatic heterocycles. The van der Waals surface area contributed by atoms with Crippen molar-refractivity contribution in [3.05, 3.63) is 0 Å². The molecule has 0 bridgehead atoms. The van der Waals surface area contributed by atoms with Crippen LogP contribution in [0.4, 0.5) is 0 Å². The predicted molar refractivity (Wildman–Crippen MR) is 45.1 cm³/mol. The number of nitrogens with two attached hydrogens (primary N) is 1. The highest BCUT2D eigenvalue weighted by Crippen LogP contribution is 2.20. The lowest BCUT2D eigenvalue weighted by atomic mass is 9.88. The van der Waals surface area contributed by atoms with Crippen LogP contribution in [0.1, 0.15) is 34.1 Å². The average molecular weight is 156 g/mol. The Labute approximate surface area is 67.7 Å². The number of isocyanates is 1. The zero-order valence-corrected chi connectivity index (χ0v) is 7.64. The van der Waals surface area contributed by atoms with E-state index < -0.39 is 0 Å². The third-order valence-corrected chi connectivity index (χ3v) is 1.24. The molecule has 0 aromatic heterocycles. The summed E-state index contributed by atoms with van der Waals surface area (Å²) < 4.78 is 0. The van der Waals surface area contributed by atoms with Gasteiger partial charge in [-0.15, -0.1) is 0 Å². The predicted octanol–water partition coefficient (Wildman–Crippen LogP) is 1.23. The van der Waals surface area contributed by atoms with Crippen LogP contribution in [0.25, 0.3) is 0 Å². The molecule has 0 radical (unpaired) electrons. The minimum atomic E-state index is -0.389. The van der Waals surface area contributed by atoms with Gasteiger partial charge in [-0.05, 0) is 34.1 Å². The van der Waals surface area contributed by atoms with Crippen LogP contribution in [0.5, 0.6) is 0 Å². The quantitative estimate of drug-likeness (QED) is 0.493. The number of carbonyl (C=O) groups excluding carboxylic acids is 1. The maximum Gasteiger partial charge on any atom is 0.235 e. The Kier molecular flexibility index (Phi) is 2.97. The summed E-state index contributed by atoms with van der Waals surface area (Å²) in [4.78, 5) is 13.6. The van der Waals surface area contributed by atoms with Crippen molar-refractivity contribution >= 4 is 6.08 Å². The van der Waals surface area contributed by atoms with Crippen molar-refractivity contribution < 1.29 is 4.79 Å². The van der Waals surface area contributed by atoms with Crippen LogP contribution in [-0.4, -0.2) is 17.2 Å². The molecule has 0 amide bonds. The van der Waals surface area contributed by atoms with Gasteiger partial charge in [-0.2, -0.15) is 4.99 Å². The molecule has 3 nitrogen and oxygen atoms in total. The van der Waals surface area contributed by atoms with Crippen molar-refractivity contribution in [2.75, 3.05) is 0 Å². The van der Waals surface area contributed by atoms with E-state index in [1.54, 1.807) is 6.08 Å². The van der Waals surface area contributed by atoms with Gasteiger partial charge in [0.15, 0.2) is 0 Å². The van der Waals surface area contributed by atoms with Crippen LogP contribution in [0.2, 0.25) is 0 Å². The molecule has 0 fully saturated rings. The summed E-state index contributed by atoms with van der Waals surface area (Å²) in [7, 11) is 0. The van der Waals surface area contributed by atoms with Gasteiger partial charge in [0.05, 0.1) is 5.54 Å². The summed E-state index contributed by atoms with van der Waals surface area (Å²) in [6.45, 7) is 7.56. The van der Waals surface area contributed by atoms with Gasteiger partial charge in [-0.25, -0.2) is 4.79 Å². The van der Waals surface area contributed by atoms with E-state index in [1.807, 2.05) is 27.7 Å². The molecule has 0 unspecified atom stereocenters. The number of hydrogen-bond donors (Lipinski definition) is 1. The van der Waals surface area contributed by atoms with E-state index in [4.69, 9.17) is 5.73 Å². The van der Waals surface area contributed by atoms with Gasteiger partial charge in [-0.3, -0.25) is 0 Å². The molecule has 0 saturated carbocycles. The summed E-state index contributed by atoms with van der Waals surface area (Å²) in [6, 6.07) is 0. The van der Waals surface area contributed by atoms with Gasteiger partial charge in [0, 0.05) is 5.54 Å². The molecule has 3 heteroatoms. The van der Waals surface area contributed by atoms with Gasteiger partial charge in [-0.1, -0.05) is 0 Å². The summed E-state index contributed by atoms with van der Waals surface area (Å²) in [5.41, 5.74) is 5.09. The Balaban J connectivity index is 4.24. The van der Waals surface area contributed by atoms with Crippen molar-refractivity contribution in [1.29, 1.82) is 0 Å². The van der Waals surface area contributed by atoms with Crippen molar-refractivity contribution in [3.8, 4) is 0 Å². The SMILES string of the molecule is CC(C)(N)CC(C)(C)N=C=O. The van der Waals surface area contributed by atoms with E-state index >= 15 is 0 Å². The molecule has 2 N–H and O–H groups in total. The number of aliphatic imine (C=N–C) groups is 1. The van der Waals surface area contributed by atoms with Crippen LogP contribution in [-0.2, 0) is 4.79 Å². The third kappa shape index (κ3) is 5.77. The molecule has 0 aliphatic rings.